The van der Waals surface area contributed by atoms with Gasteiger partial charge in [-0.1, -0.05) is 25.4 Å². The van der Waals surface area contributed by atoms with Gasteiger partial charge < -0.3 is 15.2 Å². The number of halogens is 1. The van der Waals surface area contributed by atoms with Gasteiger partial charge in [-0.15, -0.1) is 0 Å². The first-order valence-corrected chi connectivity index (χ1v) is 11.7. The number of amides is 1. The van der Waals surface area contributed by atoms with E-state index in [9.17, 15) is 18.3 Å². The Kier molecular flexibility index (Phi) is 6.81. The second-order valence-electron chi connectivity index (χ2n) is 7.63. The fourth-order valence-electron chi connectivity index (χ4n) is 3.41. The van der Waals surface area contributed by atoms with E-state index in [2.05, 4.69) is 5.32 Å². The summed E-state index contributed by atoms with van der Waals surface area (Å²) in [6, 6.07) is 13.9. The van der Waals surface area contributed by atoms with E-state index in [1.54, 1.807) is 51.1 Å². The molecular formula is C24H24ClNO5S. The Balaban J connectivity index is 2.15. The lowest BCUT2D eigenvalue weighted by Crippen LogP contribution is -2.16. The zero-order valence-electron chi connectivity index (χ0n) is 18.1. The zero-order valence-corrected chi connectivity index (χ0v) is 19.7. The molecule has 0 aliphatic carbocycles. The number of anilines is 1. The minimum atomic E-state index is -4.09. The molecular weight excluding hydrogens is 450 g/mol. The average molecular weight is 474 g/mol. The van der Waals surface area contributed by atoms with Crippen molar-refractivity contribution in [2.24, 2.45) is 0 Å². The van der Waals surface area contributed by atoms with E-state index in [0.29, 0.717) is 33.1 Å². The lowest BCUT2D eigenvalue weighted by molar-refractivity contribution is 0.102. The highest BCUT2D eigenvalue weighted by Gasteiger charge is 2.30. The molecule has 3 aromatic rings. The smallest absolute Gasteiger partial charge is 0.255 e. The second-order valence-corrected chi connectivity index (χ2v) is 9.95. The summed E-state index contributed by atoms with van der Waals surface area (Å²) in [7, 11) is -2.56. The minimum Gasteiger partial charge on any atom is -0.506 e. The van der Waals surface area contributed by atoms with Gasteiger partial charge in [0, 0.05) is 21.8 Å². The Hall–Kier alpha value is -3.03. The summed E-state index contributed by atoms with van der Waals surface area (Å²) in [5, 5.41) is 14.0. The molecule has 0 aliphatic heterocycles. The quantitative estimate of drug-likeness (QED) is 0.456. The largest absolute Gasteiger partial charge is 0.506 e. The predicted molar refractivity (Wildman–Crippen MR) is 125 cm³/mol. The number of ether oxygens (including phenoxy) is 1. The standard InChI is InChI=1S/C24H24ClNO5S/c1-14(2)21-20(26-24(28)16-5-9-18(31-4)10-6-16)13-15(3)22(27)23(21)32(29,30)19-11-7-17(25)8-12-19/h5-14,27H,1-4H3,(H,26,28). The Morgan fingerprint density at radius 1 is 1.06 bits per heavy atom. The van der Waals surface area contributed by atoms with Crippen molar-refractivity contribution in [3.63, 3.8) is 0 Å². The SMILES string of the molecule is COc1ccc(C(=O)Nc2cc(C)c(O)c(S(=O)(=O)c3ccc(Cl)cc3)c2C(C)C)cc1. The highest BCUT2D eigenvalue weighted by molar-refractivity contribution is 7.91. The van der Waals surface area contributed by atoms with Gasteiger partial charge in [0.05, 0.1) is 12.0 Å². The molecule has 1 amide bonds. The molecule has 0 spiro atoms. The highest BCUT2D eigenvalue weighted by atomic mass is 35.5. The fourth-order valence-corrected chi connectivity index (χ4v) is 5.32. The van der Waals surface area contributed by atoms with Gasteiger partial charge in [0.2, 0.25) is 9.84 Å². The van der Waals surface area contributed by atoms with Gasteiger partial charge in [-0.05, 0) is 73.0 Å². The number of sulfone groups is 1. The van der Waals surface area contributed by atoms with Crippen LogP contribution in [0.1, 0.15) is 41.3 Å². The molecule has 2 N–H and O–H groups in total. The summed E-state index contributed by atoms with van der Waals surface area (Å²) in [5.74, 6) is -0.452. The van der Waals surface area contributed by atoms with Crippen molar-refractivity contribution in [2.45, 2.75) is 36.5 Å². The summed E-state index contributed by atoms with van der Waals surface area (Å²) < 4.78 is 32.1. The Bertz CT molecular complexity index is 1250. The zero-order chi connectivity index (χ0) is 23.6. The van der Waals surface area contributed by atoms with Gasteiger partial charge in [0.15, 0.2) is 0 Å². The topological polar surface area (TPSA) is 92.7 Å². The van der Waals surface area contributed by atoms with Crippen molar-refractivity contribution in [3.8, 4) is 11.5 Å². The van der Waals surface area contributed by atoms with Crippen LogP contribution in [-0.2, 0) is 9.84 Å². The van der Waals surface area contributed by atoms with E-state index in [4.69, 9.17) is 16.3 Å². The van der Waals surface area contributed by atoms with Gasteiger partial charge in [0.1, 0.15) is 16.4 Å². The molecule has 0 unspecified atom stereocenters. The number of hydrogen-bond acceptors (Lipinski definition) is 5. The lowest BCUT2D eigenvalue weighted by atomic mass is 9.98. The van der Waals surface area contributed by atoms with E-state index in [0.717, 1.165) is 0 Å². The number of rotatable bonds is 6. The number of benzene rings is 3. The van der Waals surface area contributed by atoms with Crippen LogP contribution in [0.15, 0.2) is 64.4 Å². The van der Waals surface area contributed by atoms with E-state index in [1.165, 1.54) is 31.4 Å². The lowest BCUT2D eigenvalue weighted by Gasteiger charge is -2.21. The van der Waals surface area contributed by atoms with E-state index < -0.39 is 15.7 Å². The Morgan fingerprint density at radius 3 is 2.19 bits per heavy atom. The fraction of sp³-hybridized carbons (Fsp3) is 0.208. The van der Waals surface area contributed by atoms with E-state index in [-0.39, 0.29) is 21.5 Å². The number of phenols is 1. The molecule has 168 valence electrons. The monoisotopic (exact) mass is 473 g/mol. The molecule has 0 bridgehead atoms. The third-order valence-corrected chi connectivity index (χ3v) is 7.15. The number of methoxy groups -OCH3 is 1. The number of aromatic hydroxyl groups is 1. The molecule has 6 nitrogen and oxygen atoms in total. The van der Waals surface area contributed by atoms with Crippen LogP contribution in [0.2, 0.25) is 5.02 Å². The van der Waals surface area contributed by atoms with Crippen LogP contribution in [0.4, 0.5) is 5.69 Å². The van der Waals surface area contributed by atoms with Gasteiger partial charge in [-0.25, -0.2) is 8.42 Å². The van der Waals surface area contributed by atoms with Crippen molar-refractivity contribution < 1.29 is 23.1 Å². The van der Waals surface area contributed by atoms with Crippen molar-refractivity contribution in [2.75, 3.05) is 12.4 Å². The number of phenolic OH excluding ortho intramolecular Hbond substituents is 1. The number of hydrogen-bond donors (Lipinski definition) is 2. The average Bonchev–Trinajstić information content (AvgIpc) is 2.75. The van der Waals surface area contributed by atoms with Crippen LogP contribution in [0, 0.1) is 6.92 Å². The van der Waals surface area contributed by atoms with Crippen LogP contribution in [0.3, 0.4) is 0 Å². The van der Waals surface area contributed by atoms with Crippen LogP contribution >= 0.6 is 11.6 Å². The molecule has 0 aliphatic rings. The number of carbonyl (C=O) groups excluding carboxylic acids is 1. The normalized spacial score (nSPS) is 11.4. The third-order valence-electron chi connectivity index (χ3n) is 5.05. The van der Waals surface area contributed by atoms with Crippen LogP contribution in [0.25, 0.3) is 0 Å². The van der Waals surface area contributed by atoms with Gasteiger partial charge in [-0.2, -0.15) is 0 Å². The number of nitrogens with one attached hydrogen (secondary N) is 1. The Morgan fingerprint density at radius 2 is 1.66 bits per heavy atom. The molecule has 0 radical (unpaired) electrons. The maximum atomic E-state index is 13.5. The summed E-state index contributed by atoms with van der Waals surface area (Å²) in [5.41, 5.74) is 1.36. The van der Waals surface area contributed by atoms with Crippen LogP contribution in [0.5, 0.6) is 11.5 Å². The summed E-state index contributed by atoms with van der Waals surface area (Å²) >= 11 is 5.91. The first-order valence-electron chi connectivity index (χ1n) is 9.88. The molecule has 32 heavy (non-hydrogen) atoms. The second kappa shape index (κ2) is 9.22. The van der Waals surface area contributed by atoms with Crippen molar-refractivity contribution >= 4 is 33.0 Å². The maximum Gasteiger partial charge on any atom is 0.255 e. The number of aryl methyl sites for hydroxylation is 1. The first-order chi connectivity index (χ1) is 15.1. The van der Waals surface area contributed by atoms with Crippen LogP contribution < -0.4 is 10.1 Å². The van der Waals surface area contributed by atoms with Crippen molar-refractivity contribution in [1.29, 1.82) is 0 Å². The molecule has 0 saturated carbocycles. The summed E-state index contributed by atoms with van der Waals surface area (Å²) in [6.07, 6.45) is 0. The summed E-state index contributed by atoms with van der Waals surface area (Å²) in [6.45, 7) is 5.19. The van der Waals surface area contributed by atoms with Crippen molar-refractivity contribution in [1.82, 2.24) is 0 Å². The highest BCUT2D eigenvalue weighted by Crippen LogP contribution is 2.42. The molecule has 0 fully saturated rings. The first kappa shape index (κ1) is 23.6. The van der Waals surface area contributed by atoms with Gasteiger partial charge in [0.25, 0.3) is 5.91 Å². The van der Waals surface area contributed by atoms with Gasteiger partial charge in [-0.3, -0.25) is 4.79 Å². The van der Waals surface area contributed by atoms with Gasteiger partial charge >= 0.3 is 0 Å². The molecule has 8 heteroatoms. The van der Waals surface area contributed by atoms with Crippen molar-refractivity contribution in [3.05, 3.63) is 76.3 Å². The maximum absolute atomic E-state index is 13.5. The molecule has 0 heterocycles. The molecule has 0 saturated heterocycles. The van der Waals surface area contributed by atoms with E-state index >= 15 is 0 Å². The molecule has 0 aromatic heterocycles. The van der Waals surface area contributed by atoms with E-state index in [1.807, 2.05) is 0 Å². The predicted octanol–water partition coefficient (Wildman–Crippen LogP) is 5.57. The Labute approximate surface area is 192 Å². The summed E-state index contributed by atoms with van der Waals surface area (Å²) in [4.78, 5) is 12.6. The molecule has 3 aromatic carbocycles. The number of carbonyl (C=O) groups is 1. The molecule has 3 rings (SSSR count). The minimum absolute atomic E-state index is 0.00266. The third kappa shape index (κ3) is 4.59. The van der Waals surface area contributed by atoms with Crippen LogP contribution in [-0.4, -0.2) is 26.5 Å². The molecule has 0 atom stereocenters.